The highest BCUT2D eigenvalue weighted by atomic mass is 19.1. The largest absolute Gasteiger partial charge is 0.391 e. The van der Waals surface area contributed by atoms with Crippen LogP contribution < -0.4 is 5.56 Å². The number of amides is 1. The number of carbonyl (C=O) groups is 1. The molecule has 1 aliphatic rings. The lowest BCUT2D eigenvalue weighted by molar-refractivity contribution is 0.0712. The molecule has 2 aromatic rings. The number of hydrogen-bond donors (Lipinski definition) is 1. The molecule has 1 saturated heterocycles. The number of aliphatic hydroxyl groups is 1. The summed E-state index contributed by atoms with van der Waals surface area (Å²) in [7, 11) is 1.50. The maximum atomic E-state index is 13.2. The second-order valence-electron chi connectivity index (χ2n) is 6.43. The zero-order valence-electron chi connectivity index (χ0n) is 14.4. The van der Waals surface area contributed by atoms with Crippen LogP contribution in [0.1, 0.15) is 39.6 Å². The fraction of sp³-hybridized carbons (Fsp3) is 0.389. The second-order valence-corrected chi connectivity index (χ2v) is 6.43. The molecule has 2 atom stereocenters. The summed E-state index contributed by atoms with van der Waals surface area (Å²) in [6.07, 6.45) is -0.341. The Morgan fingerprint density at radius 3 is 2.56 bits per heavy atom. The van der Waals surface area contributed by atoms with Gasteiger partial charge in [-0.2, -0.15) is 5.10 Å². The van der Waals surface area contributed by atoms with Crippen LogP contribution in [0.2, 0.25) is 0 Å². The van der Waals surface area contributed by atoms with E-state index in [2.05, 4.69) is 5.10 Å². The van der Waals surface area contributed by atoms with Gasteiger partial charge in [0.05, 0.1) is 17.8 Å². The first-order valence-corrected chi connectivity index (χ1v) is 8.08. The van der Waals surface area contributed by atoms with Gasteiger partial charge in [0.25, 0.3) is 11.5 Å². The SMILES string of the molecule is Cc1nn(C)c(=O)c(C(=O)N2C[C@H](O)C[C@@H]2c2ccc(F)cc2)c1C. The first kappa shape index (κ1) is 17.3. The Balaban J connectivity index is 2.04. The number of carbonyl (C=O) groups excluding carboxylic acids is 1. The Hall–Kier alpha value is -2.54. The van der Waals surface area contributed by atoms with E-state index in [1.165, 1.54) is 24.1 Å². The van der Waals surface area contributed by atoms with Crippen LogP contribution in [-0.2, 0) is 7.05 Å². The van der Waals surface area contributed by atoms with Gasteiger partial charge in [-0.25, -0.2) is 9.07 Å². The molecule has 6 nitrogen and oxygen atoms in total. The van der Waals surface area contributed by atoms with E-state index in [1.807, 2.05) is 0 Å². The lowest BCUT2D eigenvalue weighted by Crippen LogP contribution is -2.38. The van der Waals surface area contributed by atoms with Gasteiger partial charge in [0, 0.05) is 13.6 Å². The fourth-order valence-electron chi connectivity index (χ4n) is 3.28. The number of aryl methyl sites for hydroxylation is 2. The van der Waals surface area contributed by atoms with Crippen LogP contribution in [0.4, 0.5) is 4.39 Å². The number of benzene rings is 1. The summed E-state index contributed by atoms with van der Waals surface area (Å²) in [5.74, 6) is -0.802. The molecule has 1 fully saturated rings. The number of halogens is 1. The van der Waals surface area contributed by atoms with Crippen LogP contribution >= 0.6 is 0 Å². The molecule has 0 spiro atoms. The summed E-state index contributed by atoms with van der Waals surface area (Å²) in [6.45, 7) is 3.56. The molecular weight excluding hydrogens is 325 g/mol. The lowest BCUT2D eigenvalue weighted by atomic mass is 10.0. The highest BCUT2D eigenvalue weighted by molar-refractivity contribution is 5.96. The van der Waals surface area contributed by atoms with Crippen LogP contribution in [0.3, 0.4) is 0 Å². The van der Waals surface area contributed by atoms with Gasteiger partial charge in [-0.15, -0.1) is 0 Å². The molecule has 0 saturated carbocycles. The third-order valence-corrected chi connectivity index (χ3v) is 4.73. The van der Waals surface area contributed by atoms with Gasteiger partial charge in [0.15, 0.2) is 0 Å². The molecule has 2 heterocycles. The Morgan fingerprint density at radius 2 is 1.92 bits per heavy atom. The zero-order valence-corrected chi connectivity index (χ0v) is 14.4. The molecule has 0 radical (unpaired) electrons. The van der Waals surface area contributed by atoms with Crippen molar-refractivity contribution < 1.29 is 14.3 Å². The molecule has 1 aromatic carbocycles. The highest BCUT2D eigenvalue weighted by Crippen LogP contribution is 2.33. The summed E-state index contributed by atoms with van der Waals surface area (Å²) >= 11 is 0. The van der Waals surface area contributed by atoms with Crippen LogP contribution in [0.15, 0.2) is 29.1 Å². The van der Waals surface area contributed by atoms with Crippen molar-refractivity contribution in [3.63, 3.8) is 0 Å². The zero-order chi connectivity index (χ0) is 18.3. The van der Waals surface area contributed by atoms with Gasteiger partial charge in [-0.1, -0.05) is 12.1 Å². The van der Waals surface area contributed by atoms with Crippen molar-refractivity contribution in [2.24, 2.45) is 7.05 Å². The topological polar surface area (TPSA) is 75.4 Å². The fourth-order valence-corrected chi connectivity index (χ4v) is 3.28. The molecular formula is C18H20FN3O3. The first-order valence-electron chi connectivity index (χ1n) is 8.08. The van der Waals surface area contributed by atoms with Crippen molar-refractivity contribution in [3.8, 4) is 0 Å². The van der Waals surface area contributed by atoms with E-state index < -0.39 is 23.6 Å². The average molecular weight is 345 g/mol. The number of likely N-dealkylation sites (tertiary alicyclic amines) is 1. The predicted octanol–water partition coefficient (Wildman–Crippen LogP) is 1.48. The van der Waals surface area contributed by atoms with Crippen molar-refractivity contribution in [1.82, 2.24) is 14.7 Å². The van der Waals surface area contributed by atoms with Crippen LogP contribution in [0.25, 0.3) is 0 Å². The number of aromatic nitrogens is 2. The number of nitrogens with zero attached hydrogens (tertiary/aromatic N) is 3. The minimum atomic E-state index is -0.689. The van der Waals surface area contributed by atoms with Gasteiger partial charge < -0.3 is 10.0 Å². The standard InChI is InChI=1S/C18H20FN3O3/c1-10-11(2)20-21(3)17(24)16(10)18(25)22-9-14(23)8-15(22)12-4-6-13(19)7-5-12/h4-7,14-15,23H,8-9H2,1-3H3/t14-,15-/m1/s1. The quantitative estimate of drug-likeness (QED) is 0.895. The van der Waals surface area contributed by atoms with Gasteiger partial charge in [0.2, 0.25) is 0 Å². The van der Waals surface area contributed by atoms with E-state index in [-0.39, 0.29) is 17.9 Å². The smallest absolute Gasteiger partial charge is 0.279 e. The minimum Gasteiger partial charge on any atom is -0.391 e. The Bertz CT molecular complexity index is 876. The second kappa shape index (κ2) is 6.40. The maximum absolute atomic E-state index is 13.2. The summed E-state index contributed by atoms with van der Waals surface area (Å²) < 4.78 is 14.3. The molecule has 1 aliphatic heterocycles. The number of β-amino-alcohol motifs (C(OH)–C–C–N with tert-alkyl or cyclic N) is 1. The van der Waals surface area contributed by atoms with Gasteiger partial charge in [-0.3, -0.25) is 9.59 Å². The van der Waals surface area contributed by atoms with Crippen molar-refractivity contribution in [2.75, 3.05) is 6.54 Å². The van der Waals surface area contributed by atoms with Gasteiger partial charge >= 0.3 is 0 Å². The Morgan fingerprint density at radius 1 is 1.28 bits per heavy atom. The Labute approximate surface area is 144 Å². The van der Waals surface area contributed by atoms with E-state index in [0.29, 0.717) is 17.7 Å². The van der Waals surface area contributed by atoms with Crippen LogP contribution in [0.5, 0.6) is 0 Å². The summed E-state index contributed by atoms with van der Waals surface area (Å²) in [5, 5.41) is 14.2. The molecule has 1 amide bonds. The molecule has 0 unspecified atom stereocenters. The summed E-state index contributed by atoms with van der Waals surface area (Å²) in [5.41, 5.74) is 1.46. The molecule has 1 N–H and O–H groups in total. The van der Waals surface area contributed by atoms with Gasteiger partial charge in [-0.05, 0) is 43.5 Å². The minimum absolute atomic E-state index is 0.0659. The summed E-state index contributed by atoms with van der Waals surface area (Å²) in [6, 6.07) is 5.44. The van der Waals surface area contributed by atoms with Crippen LogP contribution in [0, 0.1) is 19.7 Å². The highest BCUT2D eigenvalue weighted by Gasteiger charge is 2.37. The third kappa shape index (κ3) is 3.07. The molecule has 1 aromatic heterocycles. The van der Waals surface area contributed by atoms with E-state index >= 15 is 0 Å². The number of hydrogen-bond acceptors (Lipinski definition) is 4. The van der Waals surface area contributed by atoms with E-state index in [1.54, 1.807) is 26.0 Å². The van der Waals surface area contributed by atoms with Crippen molar-refractivity contribution >= 4 is 5.91 Å². The number of aliphatic hydroxyl groups excluding tert-OH is 1. The molecule has 25 heavy (non-hydrogen) atoms. The summed E-state index contributed by atoms with van der Waals surface area (Å²) in [4.78, 5) is 27.0. The normalized spacial score (nSPS) is 20.1. The third-order valence-electron chi connectivity index (χ3n) is 4.73. The Kier molecular flexibility index (Phi) is 4.43. The lowest BCUT2D eigenvalue weighted by Gasteiger charge is -2.25. The van der Waals surface area contributed by atoms with E-state index in [0.717, 1.165) is 10.2 Å². The average Bonchev–Trinajstić information content (AvgIpc) is 2.95. The first-order chi connectivity index (χ1) is 11.8. The predicted molar refractivity (Wildman–Crippen MR) is 89.8 cm³/mol. The monoisotopic (exact) mass is 345 g/mol. The molecule has 0 aliphatic carbocycles. The molecule has 3 rings (SSSR count). The molecule has 7 heteroatoms. The number of rotatable bonds is 2. The van der Waals surface area contributed by atoms with E-state index in [9.17, 15) is 19.1 Å². The van der Waals surface area contributed by atoms with Crippen molar-refractivity contribution in [2.45, 2.75) is 32.4 Å². The van der Waals surface area contributed by atoms with Gasteiger partial charge in [0.1, 0.15) is 11.4 Å². The van der Waals surface area contributed by atoms with E-state index in [4.69, 9.17) is 0 Å². The molecule has 132 valence electrons. The van der Waals surface area contributed by atoms with Crippen molar-refractivity contribution in [3.05, 3.63) is 62.8 Å². The van der Waals surface area contributed by atoms with Crippen LogP contribution in [-0.4, -0.2) is 38.3 Å². The molecule has 0 bridgehead atoms. The van der Waals surface area contributed by atoms with Crippen molar-refractivity contribution in [1.29, 1.82) is 0 Å². The maximum Gasteiger partial charge on any atom is 0.279 e.